The van der Waals surface area contributed by atoms with Crippen molar-refractivity contribution in [3.63, 3.8) is 0 Å². The first-order valence-electron chi connectivity index (χ1n) is 7.40. The van der Waals surface area contributed by atoms with E-state index in [9.17, 15) is 10.1 Å². The predicted octanol–water partition coefficient (Wildman–Crippen LogP) is 5.63. The van der Waals surface area contributed by atoms with E-state index in [0.29, 0.717) is 5.92 Å². The summed E-state index contributed by atoms with van der Waals surface area (Å²) in [5.41, 5.74) is 1.36. The van der Waals surface area contributed by atoms with Gasteiger partial charge in [0.2, 0.25) is 0 Å². The molecule has 0 saturated heterocycles. The average Bonchev–Trinajstić information content (AvgIpc) is 2.49. The molecule has 1 aromatic carbocycles. The van der Waals surface area contributed by atoms with Crippen LogP contribution in [0.2, 0.25) is 0 Å². The van der Waals surface area contributed by atoms with Crippen LogP contribution in [0.3, 0.4) is 0 Å². The van der Waals surface area contributed by atoms with Crippen LogP contribution in [-0.2, 0) is 6.42 Å². The standard InChI is InChI=1S/C12H17NO2.2C2H6/c1-3-10(4-2)9-11-5-7-12(8-6-11)13(14)15;2*1-2/h5-8,10H,3-4,9H2,1-2H3;2*1-2H3. The highest BCUT2D eigenvalue weighted by Crippen LogP contribution is 2.18. The maximum Gasteiger partial charge on any atom is 0.269 e. The molecule has 3 nitrogen and oxygen atoms in total. The molecule has 0 heterocycles. The van der Waals surface area contributed by atoms with Gasteiger partial charge in [-0.05, 0) is 17.9 Å². The van der Waals surface area contributed by atoms with Gasteiger partial charge in [-0.15, -0.1) is 0 Å². The summed E-state index contributed by atoms with van der Waals surface area (Å²) in [6.45, 7) is 12.4. The van der Waals surface area contributed by atoms with Gasteiger partial charge in [0.05, 0.1) is 4.92 Å². The van der Waals surface area contributed by atoms with Crippen LogP contribution in [-0.4, -0.2) is 4.92 Å². The van der Waals surface area contributed by atoms with Crippen molar-refractivity contribution in [1.29, 1.82) is 0 Å². The van der Waals surface area contributed by atoms with Gasteiger partial charge in [0.25, 0.3) is 5.69 Å². The van der Waals surface area contributed by atoms with Crippen LogP contribution in [0, 0.1) is 16.0 Å². The zero-order valence-corrected chi connectivity index (χ0v) is 13.3. The summed E-state index contributed by atoms with van der Waals surface area (Å²) >= 11 is 0. The molecule has 0 aliphatic carbocycles. The second-order valence-corrected chi connectivity index (χ2v) is 3.81. The molecule has 110 valence electrons. The van der Waals surface area contributed by atoms with Crippen molar-refractivity contribution in [1.82, 2.24) is 0 Å². The van der Waals surface area contributed by atoms with Crippen LogP contribution in [0.4, 0.5) is 5.69 Å². The van der Waals surface area contributed by atoms with E-state index in [1.807, 2.05) is 39.8 Å². The Balaban J connectivity index is 0. The number of rotatable bonds is 5. The molecule has 3 heteroatoms. The monoisotopic (exact) mass is 267 g/mol. The van der Waals surface area contributed by atoms with E-state index in [-0.39, 0.29) is 10.6 Å². The topological polar surface area (TPSA) is 43.1 Å². The van der Waals surface area contributed by atoms with Crippen molar-refractivity contribution in [2.24, 2.45) is 5.92 Å². The smallest absolute Gasteiger partial charge is 0.258 e. The Morgan fingerprint density at radius 3 is 1.74 bits per heavy atom. The highest BCUT2D eigenvalue weighted by molar-refractivity contribution is 5.32. The van der Waals surface area contributed by atoms with Gasteiger partial charge in [-0.3, -0.25) is 10.1 Å². The molecule has 1 rings (SSSR count). The Kier molecular flexibility index (Phi) is 13.7. The Bertz CT molecular complexity index is 316. The minimum atomic E-state index is -0.360. The highest BCUT2D eigenvalue weighted by atomic mass is 16.6. The summed E-state index contributed by atoms with van der Waals surface area (Å²) in [5.74, 6) is 0.687. The first-order chi connectivity index (χ1) is 9.17. The van der Waals surface area contributed by atoms with Crippen molar-refractivity contribution in [2.75, 3.05) is 0 Å². The fourth-order valence-electron chi connectivity index (χ4n) is 1.66. The molecule has 1 aromatic rings. The zero-order valence-electron chi connectivity index (χ0n) is 13.3. The summed E-state index contributed by atoms with van der Waals surface area (Å²) < 4.78 is 0. The number of nitro groups is 1. The number of hydrogen-bond acceptors (Lipinski definition) is 2. The summed E-state index contributed by atoms with van der Waals surface area (Å²) in [5, 5.41) is 10.5. The zero-order chi connectivity index (χ0) is 15.3. The minimum absolute atomic E-state index is 0.170. The van der Waals surface area contributed by atoms with E-state index in [2.05, 4.69) is 13.8 Å². The van der Waals surface area contributed by atoms with Gasteiger partial charge >= 0.3 is 0 Å². The molecule has 0 unspecified atom stereocenters. The van der Waals surface area contributed by atoms with E-state index in [4.69, 9.17) is 0 Å². The number of nitrogens with zero attached hydrogens (tertiary/aromatic N) is 1. The summed E-state index contributed by atoms with van der Waals surface area (Å²) in [4.78, 5) is 10.1. The van der Waals surface area contributed by atoms with Gasteiger partial charge in [-0.2, -0.15) is 0 Å². The van der Waals surface area contributed by atoms with Crippen LogP contribution in [0.25, 0.3) is 0 Å². The molecule has 0 spiro atoms. The lowest BCUT2D eigenvalue weighted by Crippen LogP contribution is -2.01. The predicted molar refractivity (Wildman–Crippen MR) is 83.6 cm³/mol. The third-order valence-electron chi connectivity index (χ3n) is 2.83. The number of non-ortho nitro benzene ring substituents is 1. The number of nitro benzene ring substituents is 1. The van der Waals surface area contributed by atoms with Crippen LogP contribution in [0.15, 0.2) is 24.3 Å². The van der Waals surface area contributed by atoms with Gasteiger partial charge in [-0.1, -0.05) is 66.5 Å². The van der Waals surface area contributed by atoms with Crippen molar-refractivity contribution < 1.29 is 4.92 Å². The quantitative estimate of drug-likeness (QED) is 0.513. The van der Waals surface area contributed by atoms with Crippen molar-refractivity contribution >= 4 is 5.69 Å². The normalized spacial score (nSPS) is 9.00. The van der Waals surface area contributed by atoms with E-state index in [1.165, 1.54) is 5.56 Å². The maximum absolute atomic E-state index is 10.5. The molecule has 0 bridgehead atoms. The fourth-order valence-corrected chi connectivity index (χ4v) is 1.66. The van der Waals surface area contributed by atoms with Gasteiger partial charge in [0, 0.05) is 12.1 Å². The van der Waals surface area contributed by atoms with Gasteiger partial charge in [-0.25, -0.2) is 0 Å². The lowest BCUT2D eigenvalue weighted by Gasteiger charge is -2.11. The van der Waals surface area contributed by atoms with Crippen molar-refractivity contribution in [3.05, 3.63) is 39.9 Å². The summed E-state index contributed by atoms with van der Waals surface area (Å²) in [6, 6.07) is 6.88. The first-order valence-corrected chi connectivity index (χ1v) is 7.40. The molecule has 0 fully saturated rings. The van der Waals surface area contributed by atoms with E-state index in [0.717, 1.165) is 19.3 Å². The summed E-state index contributed by atoms with van der Waals surface area (Å²) in [6.07, 6.45) is 3.34. The van der Waals surface area contributed by atoms with E-state index >= 15 is 0 Å². The lowest BCUT2D eigenvalue weighted by molar-refractivity contribution is -0.384. The summed E-state index contributed by atoms with van der Waals surface area (Å²) in [7, 11) is 0. The Hall–Kier alpha value is -1.38. The second-order valence-electron chi connectivity index (χ2n) is 3.81. The first kappa shape index (κ1) is 19.9. The van der Waals surface area contributed by atoms with Crippen LogP contribution in [0.5, 0.6) is 0 Å². The maximum atomic E-state index is 10.5. The van der Waals surface area contributed by atoms with Crippen LogP contribution >= 0.6 is 0 Å². The SMILES string of the molecule is CC.CC.CCC(CC)Cc1ccc([N+](=O)[O-])cc1. The third-order valence-corrected chi connectivity index (χ3v) is 2.83. The Morgan fingerprint density at radius 1 is 1.00 bits per heavy atom. The minimum Gasteiger partial charge on any atom is -0.258 e. The molecule has 0 aliphatic rings. The van der Waals surface area contributed by atoms with Crippen molar-refractivity contribution in [3.8, 4) is 0 Å². The highest BCUT2D eigenvalue weighted by Gasteiger charge is 2.07. The van der Waals surface area contributed by atoms with Crippen LogP contribution in [0.1, 0.15) is 59.9 Å². The lowest BCUT2D eigenvalue weighted by atomic mass is 9.95. The molecule has 0 N–H and O–H groups in total. The second kappa shape index (κ2) is 13.1. The molecular weight excluding hydrogens is 238 g/mol. The van der Waals surface area contributed by atoms with Gasteiger partial charge in [0.1, 0.15) is 0 Å². The van der Waals surface area contributed by atoms with Crippen molar-refractivity contribution in [2.45, 2.75) is 60.8 Å². The molecule has 0 aliphatic heterocycles. The van der Waals surface area contributed by atoms with Crippen LogP contribution < -0.4 is 0 Å². The largest absolute Gasteiger partial charge is 0.269 e. The molecular formula is C16H29NO2. The van der Waals surface area contributed by atoms with Gasteiger partial charge < -0.3 is 0 Å². The number of hydrogen-bond donors (Lipinski definition) is 0. The Morgan fingerprint density at radius 2 is 1.42 bits per heavy atom. The molecule has 0 saturated carbocycles. The molecule has 19 heavy (non-hydrogen) atoms. The van der Waals surface area contributed by atoms with E-state index in [1.54, 1.807) is 12.1 Å². The molecule has 0 atom stereocenters. The number of benzene rings is 1. The fraction of sp³-hybridized carbons (Fsp3) is 0.625. The van der Waals surface area contributed by atoms with Gasteiger partial charge in [0.15, 0.2) is 0 Å². The van der Waals surface area contributed by atoms with E-state index < -0.39 is 0 Å². The molecule has 0 aromatic heterocycles. The molecule has 0 radical (unpaired) electrons. The third kappa shape index (κ3) is 8.36. The average molecular weight is 267 g/mol. The Labute approximate surface area is 118 Å². The molecule has 0 amide bonds.